The molecule has 5 rings (SSSR count). The number of pyridine rings is 1. The number of amides is 1. The molecule has 2 aromatic heterocycles. The number of carbonyl (C=O) groups excluding carboxylic acids is 1. The molecule has 1 saturated carbocycles. The van der Waals surface area contributed by atoms with Crippen molar-refractivity contribution in [1.82, 2.24) is 14.7 Å². The molecule has 0 bridgehead atoms. The summed E-state index contributed by atoms with van der Waals surface area (Å²) in [6, 6.07) is 10.6. The predicted molar refractivity (Wildman–Crippen MR) is 151 cm³/mol. The lowest BCUT2D eigenvalue weighted by atomic mass is 9.80. The first-order valence-corrected chi connectivity index (χ1v) is 14.6. The number of aromatic amines is 1. The summed E-state index contributed by atoms with van der Waals surface area (Å²) in [5.74, 6) is -1.28. The highest BCUT2D eigenvalue weighted by molar-refractivity contribution is 7.90. The Kier molecular flexibility index (Phi) is 7.84. The summed E-state index contributed by atoms with van der Waals surface area (Å²) in [5, 5.41) is 25.1. The van der Waals surface area contributed by atoms with Crippen molar-refractivity contribution in [1.29, 1.82) is 0 Å². The molecule has 2 aromatic carbocycles. The fourth-order valence-electron chi connectivity index (χ4n) is 4.85. The van der Waals surface area contributed by atoms with Crippen molar-refractivity contribution < 1.29 is 32.4 Å². The molecule has 4 aromatic rings. The van der Waals surface area contributed by atoms with Gasteiger partial charge in [0.05, 0.1) is 32.6 Å². The Bertz CT molecular complexity index is 1760. The van der Waals surface area contributed by atoms with E-state index in [1.165, 1.54) is 42.6 Å². The molecule has 1 fully saturated rings. The number of hydrogen-bond donors (Lipinski definition) is 4. The summed E-state index contributed by atoms with van der Waals surface area (Å²) in [7, 11) is -4.53. The maximum Gasteiger partial charge on any atom is 0.293 e. The summed E-state index contributed by atoms with van der Waals surface area (Å²) in [4.78, 5) is 30.4. The van der Waals surface area contributed by atoms with Gasteiger partial charge in [0, 0.05) is 18.8 Å². The van der Waals surface area contributed by atoms with Crippen LogP contribution in [-0.2, 0) is 10.0 Å². The maximum atomic E-state index is 14.0. The highest BCUT2D eigenvalue weighted by atomic mass is 32.2. The Hall–Kier alpha value is -4.56. The molecule has 0 saturated heterocycles. The lowest BCUT2D eigenvalue weighted by Crippen LogP contribution is -2.32. The van der Waals surface area contributed by atoms with Crippen LogP contribution in [0, 0.1) is 21.8 Å². The van der Waals surface area contributed by atoms with E-state index in [9.17, 15) is 32.8 Å². The Morgan fingerprint density at radius 1 is 1.24 bits per heavy atom. The summed E-state index contributed by atoms with van der Waals surface area (Å²) in [5.41, 5.74) is -0.865. The number of anilines is 1. The van der Waals surface area contributed by atoms with E-state index < -0.39 is 42.9 Å². The molecule has 0 aliphatic heterocycles. The van der Waals surface area contributed by atoms with Crippen molar-refractivity contribution in [2.75, 3.05) is 11.9 Å². The number of nitrogens with zero attached hydrogens (tertiary/aromatic N) is 2. The Balaban J connectivity index is 1.31. The fraction of sp³-hybridized carbons (Fsp3) is 0.286. The van der Waals surface area contributed by atoms with E-state index in [0.717, 1.165) is 25.1 Å². The average molecular weight is 598 g/mol. The van der Waals surface area contributed by atoms with E-state index in [1.54, 1.807) is 13.0 Å². The number of aliphatic hydroxyl groups is 1. The lowest BCUT2D eigenvalue weighted by molar-refractivity contribution is -0.384. The largest absolute Gasteiger partial charge is 0.455 e. The SMILES string of the molecule is CC1(O)CCC(CNc2ccc(S(=O)(=O)NC(=O)c3ccccc3Oc3cnc4[nH]cc(F)c4c3)cc2[N+](=O)[O-])CC1. The predicted octanol–water partition coefficient (Wildman–Crippen LogP) is 4.87. The van der Waals surface area contributed by atoms with Crippen LogP contribution >= 0.6 is 0 Å². The van der Waals surface area contributed by atoms with Gasteiger partial charge in [0.15, 0.2) is 0 Å². The summed E-state index contributed by atoms with van der Waals surface area (Å²) in [6.45, 7) is 2.21. The van der Waals surface area contributed by atoms with Gasteiger partial charge in [-0.2, -0.15) is 0 Å². The first-order valence-electron chi connectivity index (χ1n) is 13.1. The molecule has 1 aliphatic rings. The van der Waals surface area contributed by atoms with Gasteiger partial charge in [0.1, 0.15) is 28.7 Å². The number of nitro benzene ring substituents is 1. The third kappa shape index (κ3) is 6.34. The number of para-hydroxylation sites is 1. The number of carbonyl (C=O) groups is 1. The summed E-state index contributed by atoms with van der Waals surface area (Å²) in [6.07, 6.45) is 5.23. The highest BCUT2D eigenvalue weighted by Gasteiger charge is 2.29. The smallest absolute Gasteiger partial charge is 0.293 e. The van der Waals surface area contributed by atoms with Crippen LogP contribution in [0.2, 0.25) is 0 Å². The number of hydrogen-bond acceptors (Lipinski definition) is 9. The van der Waals surface area contributed by atoms with Gasteiger partial charge in [-0.15, -0.1) is 0 Å². The minimum atomic E-state index is -4.53. The van der Waals surface area contributed by atoms with Crippen LogP contribution in [0.25, 0.3) is 11.0 Å². The summed E-state index contributed by atoms with van der Waals surface area (Å²) < 4.78 is 47.8. The van der Waals surface area contributed by atoms with E-state index in [1.807, 2.05) is 4.72 Å². The van der Waals surface area contributed by atoms with Gasteiger partial charge in [0.25, 0.3) is 21.6 Å². The van der Waals surface area contributed by atoms with Gasteiger partial charge < -0.3 is 20.1 Å². The molecule has 0 radical (unpaired) electrons. The van der Waals surface area contributed by atoms with Gasteiger partial charge in [-0.1, -0.05) is 12.1 Å². The van der Waals surface area contributed by atoms with E-state index in [2.05, 4.69) is 15.3 Å². The highest BCUT2D eigenvalue weighted by Crippen LogP contribution is 2.34. The van der Waals surface area contributed by atoms with Crippen LogP contribution in [-0.4, -0.2) is 46.5 Å². The standard InChI is InChI=1S/C28H28FN5O7S/c1-28(36)10-8-17(9-11-28)14-30-23-7-6-19(13-24(23)34(37)38)42(39,40)33-27(35)20-4-2-3-5-25(20)41-18-12-21-22(29)16-32-26(21)31-15-18/h2-7,12-13,15-17,30,36H,8-11,14H2,1H3,(H,31,32)(H,33,35). The average Bonchev–Trinajstić information content (AvgIpc) is 3.32. The van der Waals surface area contributed by atoms with Gasteiger partial charge in [0.2, 0.25) is 0 Å². The zero-order valence-electron chi connectivity index (χ0n) is 22.5. The number of nitro groups is 1. The molecule has 42 heavy (non-hydrogen) atoms. The van der Waals surface area contributed by atoms with Crippen molar-refractivity contribution in [3.05, 3.63) is 82.4 Å². The molecule has 1 amide bonds. The van der Waals surface area contributed by atoms with Crippen LogP contribution in [0.3, 0.4) is 0 Å². The molecule has 12 nitrogen and oxygen atoms in total. The molecule has 0 atom stereocenters. The zero-order chi connectivity index (χ0) is 30.1. The van der Waals surface area contributed by atoms with Gasteiger partial charge in [-0.25, -0.2) is 22.5 Å². The fourth-order valence-corrected chi connectivity index (χ4v) is 5.84. The van der Waals surface area contributed by atoms with Crippen LogP contribution < -0.4 is 14.8 Å². The molecule has 4 N–H and O–H groups in total. The van der Waals surface area contributed by atoms with Crippen molar-refractivity contribution in [3.63, 3.8) is 0 Å². The van der Waals surface area contributed by atoms with Gasteiger partial charge >= 0.3 is 0 Å². The molecule has 1 aliphatic carbocycles. The van der Waals surface area contributed by atoms with Crippen molar-refractivity contribution in [3.8, 4) is 11.5 Å². The number of benzene rings is 2. The Morgan fingerprint density at radius 2 is 1.98 bits per heavy atom. The second-order valence-electron chi connectivity index (χ2n) is 10.5. The van der Waals surface area contributed by atoms with Crippen LogP contribution in [0.15, 0.2) is 65.8 Å². The molecule has 220 valence electrons. The Morgan fingerprint density at radius 3 is 2.71 bits per heavy atom. The number of rotatable bonds is 9. The zero-order valence-corrected chi connectivity index (χ0v) is 23.3. The number of sulfonamides is 1. The van der Waals surface area contributed by atoms with Gasteiger partial charge in [-0.05, 0) is 68.9 Å². The van der Waals surface area contributed by atoms with Crippen molar-refractivity contribution in [2.24, 2.45) is 5.92 Å². The lowest BCUT2D eigenvalue weighted by Gasteiger charge is -2.33. The summed E-state index contributed by atoms with van der Waals surface area (Å²) >= 11 is 0. The van der Waals surface area contributed by atoms with E-state index >= 15 is 0 Å². The monoisotopic (exact) mass is 597 g/mol. The van der Waals surface area contributed by atoms with Crippen LogP contribution in [0.5, 0.6) is 11.5 Å². The number of ether oxygens (including phenoxy) is 1. The Labute approximate surface area is 240 Å². The van der Waals surface area contributed by atoms with Crippen LogP contribution in [0.1, 0.15) is 43.0 Å². The van der Waals surface area contributed by atoms with Gasteiger partial charge in [-0.3, -0.25) is 14.9 Å². The number of nitrogens with one attached hydrogen (secondary N) is 3. The minimum Gasteiger partial charge on any atom is -0.455 e. The van der Waals surface area contributed by atoms with E-state index in [-0.39, 0.29) is 34.1 Å². The minimum absolute atomic E-state index is 0.0166. The molecule has 0 unspecified atom stereocenters. The normalized spacial score (nSPS) is 18.9. The van der Waals surface area contributed by atoms with Crippen LogP contribution in [0.4, 0.5) is 15.8 Å². The number of H-pyrrole nitrogens is 1. The third-order valence-electron chi connectivity index (χ3n) is 7.28. The second-order valence-corrected chi connectivity index (χ2v) is 12.2. The van der Waals surface area contributed by atoms with Crippen molar-refractivity contribution >= 4 is 38.3 Å². The molecular formula is C28H28FN5O7S. The molecule has 0 spiro atoms. The number of halogens is 1. The topological polar surface area (TPSA) is 177 Å². The quantitative estimate of drug-likeness (QED) is 0.155. The maximum absolute atomic E-state index is 14.0. The first kappa shape index (κ1) is 29.0. The van der Waals surface area contributed by atoms with E-state index in [4.69, 9.17) is 4.74 Å². The molecular weight excluding hydrogens is 569 g/mol. The van der Waals surface area contributed by atoms with E-state index in [0.29, 0.717) is 25.0 Å². The molecule has 14 heteroatoms. The number of fused-ring (bicyclic) bond motifs is 1. The first-order chi connectivity index (χ1) is 19.9. The molecule has 2 heterocycles. The van der Waals surface area contributed by atoms with Crippen molar-refractivity contribution in [2.45, 2.75) is 43.1 Å². The third-order valence-corrected chi connectivity index (χ3v) is 8.61. The second kappa shape index (κ2) is 11.4. The number of aromatic nitrogens is 2.